The largest absolute Gasteiger partial charge is 0.496 e. The number of ether oxygens (including phenoxy) is 1. The third kappa shape index (κ3) is 2.42. The maximum absolute atomic E-state index is 12.3. The van der Waals surface area contributed by atoms with Crippen molar-refractivity contribution < 1.29 is 9.53 Å². The fourth-order valence-electron chi connectivity index (χ4n) is 2.17. The van der Waals surface area contributed by atoms with Crippen LogP contribution in [0.25, 0.3) is 0 Å². The number of carbonyl (C=O) groups excluding carboxylic acids is 1. The maximum Gasteiger partial charge on any atom is 0.257 e. The molecule has 0 aliphatic carbocycles. The summed E-state index contributed by atoms with van der Waals surface area (Å²) < 4.78 is 5.22. The Morgan fingerprint density at radius 1 is 1.47 bits per heavy atom. The quantitative estimate of drug-likeness (QED) is 0.852. The van der Waals surface area contributed by atoms with E-state index in [1.807, 2.05) is 36.2 Å². The van der Waals surface area contributed by atoms with Gasteiger partial charge in [0.05, 0.1) is 12.7 Å². The Kier molecular flexibility index (Phi) is 3.64. The highest BCUT2D eigenvalue weighted by Crippen LogP contribution is 2.21. The van der Waals surface area contributed by atoms with Crippen LogP contribution in [0.5, 0.6) is 5.75 Å². The van der Waals surface area contributed by atoms with Crippen molar-refractivity contribution in [2.45, 2.75) is 12.5 Å². The van der Waals surface area contributed by atoms with Crippen LogP contribution < -0.4 is 10.1 Å². The van der Waals surface area contributed by atoms with Gasteiger partial charge in [-0.2, -0.15) is 0 Å². The lowest BCUT2D eigenvalue weighted by Crippen LogP contribution is -2.33. The van der Waals surface area contributed by atoms with Crippen LogP contribution in [0.3, 0.4) is 0 Å². The molecule has 1 aromatic rings. The fraction of sp³-hybridized carbons (Fsp3) is 0.462. The van der Waals surface area contributed by atoms with Crippen LogP contribution in [0.15, 0.2) is 24.3 Å². The molecular weight excluding hydrogens is 216 g/mol. The first-order valence-electron chi connectivity index (χ1n) is 5.86. The van der Waals surface area contributed by atoms with Crippen LogP contribution >= 0.6 is 0 Å². The summed E-state index contributed by atoms with van der Waals surface area (Å²) >= 11 is 0. The molecule has 1 saturated heterocycles. The van der Waals surface area contributed by atoms with Crippen molar-refractivity contribution in [1.82, 2.24) is 10.2 Å². The van der Waals surface area contributed by atoms with Gasteiger partial charge in [0.1, 0.15) is 5.75 Å². The second kappa shape index (κ2) is 5.19. The number of nitrogens with zero attached hydrogens (tertiary/aromatic N) is 1. The Labute approximate surface area is 102 Å². The highest BCUT2D eigenvalue weighted by atomic mass is 16.5. The second-order valence-corrected chi connectivity index (χ2v) is 4.23. The van der Waals surface area contributed by atoms with E-state index in [9.17, 15) is 4.79 Å². The van der Waals surface area contributed by atoms with Gasteiger partial charge in [-0.15, -0.1) is 0 Å². The molecule has 0 unspecified atom stereocenters. The molecule has 0 saturated carbocycles. The smallest absolute Gasteiger partial charge is 0.257 e. The Morgan fingerprint density at radius 3 is 2.88 bits per heavy atom. The van der Waals surface area contributed by atoms with Gasteiger partial charge in [-0.1, -0.05) is 12.1 Å². The van der Waals surface area contributed by atoms with Crippen molar-refractivity contribution in [2.75, 3.05) is 27.2 Å². The molecule has 0 bridgehead atoms. The number of nitrogens with one attached hydrogen (secondary N) is 1. The zero-order valence-corrected chi connectivity index (χ0v) is 10.3. The zero-order chi connectivity index (χ0) is 12.3. The SMILES string of the molecule is CN[C@@H]1CCN(C(=O)c2ccccc2OC)C1. The van der Waals surface area contributed by atoms with E-state index in [2.05, 4.69) is 5.32 Å². The number of amides is 1. The molecule has 4 nitrogen and oxygen atoms in total. The van der Waals surface area contributed by atoms with Crippen LogP contribution in [0.4, 0.5) is 0 Å². The minimum atomic E-state index is 0.0557. The number of likely N-dealkylation sites (N-methyl/N-ethyl adjacent to an activating group) is 1. The van der Waals surface area contributed by atoms with Crippen LogP contribution in [-0.2, 0) is 0 Å². The summed E-state index contributed by atoms with van der Waals surface area (Å²) in [5.41, 5.74) is 0.645. The maximum atomic E-state index is 12.3. The normalized spacial score (nSPS) is 19.4. The highest BCUT2D eigenvalue weighted by molar-refractivity contribution is 5.97. The van der Waals surface area contributed by atoms with E-state index in [4.69, 9.17) is 4.74 Å². The van der Waals surface area contributed by atoms with Gasteiger partial charge in [-0.25, -0.2) is 0 Å². The number of benzene rings is 1. The Balaban J connectivity index is 2.15. The lowest BCUT2D eigenvalue weighted by atomic mass is 10.2. The Bertz CT molecular complexity index is 406. The van der Waals surface area contributed by atoms with Gasteiger partial charge in [-0.05, 0) is 25.6 Å². The molecule has 92 valence electrons. The summed E-state index contributed by atoms with van der Waals surface area (Å²) in [6.07, 6.45) is 1.01. The third-order valence-electron chi connectivity index (χ3n) is 3.22. The van der Waals surface area contributed by atoms with Crippen molar-refractivity contribution >= 4 is 5.91 Å². The molecule has 1 aliphatic heterocycles. The second-order valence-electron chi connectivity index (χ2n) is 4.23. The molecule has 17 heavy (non-hydrogen) atoms. The van der Waals surface area contributed by atoms with Gasteiger partial charge in [0.15, 0.2) is 0 Å². The molecule has 1 aromatic carbocycles. The molecule has 1 amide bonds. The fourth-order valence-corrected chi connectivity index (χ4v) is 2.17. The molecule has 1 atom stereocenters. The summed E-state index contributed by atoms with van der Waals surface area (Å²) in [6, 6.07) is 7.78. The zero-order valence-electron chi connectivity index (χ0n) is 10.3. The average Bonchev–Trinajstić information content (AvgIpc) is 2.86. The van der Waals surface area contributed by atoms with E-state index in [-0.39, 0.29) is 5.91 Å². The summed E-state index contributed by atoms with van der Waals surface area (Å²) in [5.74, 6) is 0.700. The Morgan fingerprint density at radius 2 is 2.24 bits per heavy atom. The summed E-state index contributed by atoms with van der Waals surface area (Å²) in [4.78, 5) is 14.2. The van der Waals surface area contributed by atoms with Gasteiger partial charge >= 0.3 is 0 Å². The number of carbonyl (C=O) groups is 1. The summed E-state index contributed by atoms with van der Waals surface area (Å²) in [5, 5.41) is 3.20. The highest BCUT2D eigenvalue weighted by Gasteiger charge is 2.27. The molecule has 0 spiro atoms. The van der Waals surface area contributed by atoms with E-state index >= 15 is 0 Å². The van der Waals surface area contributed by atoms with E-state index in [1.165, 1.54) is 0 Å². The number of hydrogen-bond acceptors (Lipinski definition) is 3. The monoisotopic (exact) mass is 234 g/mol. The Hall–Kier alpha value is -1.55. The van der Waals surface area contributed by atoms with Crippen LogP contribution in [0, 0.1) is 0 Å². The van der Waals surface area contributed by atoms with Crippen molar-refractivity contribution in [3.63, 3.8) is 0 Å². The molecule has 0 radical (unpaired) electrons. The standard InChI is InChI=1S/C13H18N2O2/c1-14-10-7-8-15(9-10)13(16)11-5-3-4-6-12(11)17-2/h3-6,10,14H,7-9H2,1-2H3/t10-/m1/s1. The van der Waals surface area contributed by atoms with Gasteiger partial charge in [-0.3, -0.25) is 4.79 Å². The molecule has 1 aliphatic rings. The number of rotatable bonds is 3. The predicted octanol–water partition coefficient (Wildman–Crippen LogP) is 1.13. The summed E-state index contributed by atoms with van der Waals surface area (Å²) in [6.45, 7) is 1.58. The van der Waals surface area contributed by atoms with Gasteiger partial charge in [0, 0.05) is 19.1 Å². The summed E-state index contributed by atoms with van der Waals surface area (Å²) in [7, 11) is 3.52. The predicted molar refractivity (Wildman–Crippen MR) is 66.4 cm³/mol. The first-order valence-corrected chi connectivity index (χ1v) is 5.86. The van der Waals surface area contributed by atoms with E-state index in [1.54, 1.807) is 7.11 Å². The molecule has 2 rings (SSSR count). The van der Waals surface area contributed by atoms with Crippen molar-refractivity contribution in [1.29, 1.82) is 0 Å². The van der Waals surface area contributed by atoms with Gasteiger partial charge in [0.2, 0.25) is 0 Å². The minimum Gasteiger partial charge on any atom is -0.496 e. The van der Waals surface area contributed by atoms with Gasteiger partial charge < -0.3 is 15.0 Å². The number of likely N-dealkylation sites (tertiary alicyclic amines) is 1. The van der Waals surface area contributed by atoms with E-state index in [0.717, 1.165) is 19.5 Å². The minimum absolute atomic E-state index is 0.0557. The molecule has 1 fully saturated rings. The molecule has 1 N–H and O–H groups in total. The topological polar surface area (TPSA) is 41.6 Å². The molecule has 4 heteroatoms. The van der Waals surface area contributed by atoms with Crippen LogP contribution in [-0.4, -0.2) is 44.1 Å². The van der Waals surface area contributed by atoms with Crippen LogP contribution in [0.2, 0.25) is 0 Å². The average molecular weight is 234 g/mol. The van der Waals surface area contributed by atoms with Crippen molar-refractivity contribution in [3.05, 3.63) is 29.8 Å². The lowest BCUT2D eigenvalue weighted by molar-refractivity contribution is 0.0786. The molecule has 0 aromatic heterocycles. The van der Waals surface area contributed by atoms with Crippen LogP contribution in [0.1, 0.15) is 16.8 Å². The number of para-hydroxylation sites is 1. The number of hydrogen-bond donors (Lipinski definition) is 1. The number of methoxy groups -OCH3 is 1. The first kappa shape index (κ1) is 11.9. The van der Waals surface area contributed by atoms with E-state index in [0.29, 0.717) is 17.4 Å². The third-order valence-corrected chi connectivity index (χ3v) is 3.22. The van der Waals surface area contributed by atoms with Crippen molar-refractivity contribution in [2.24, 2.45) is 0 Å². The van der Waals surface area contributed by atoms with Gasteiger partial charge in [0.25, 0.3) is 5.91 Å². The van der Waals surface area contributed by atoms with Crippen molar-refractivity contribution in [3.8, 4) is 5.75 Å². The lowest BCUT2D eigenvalue weighted by Gasteiger charge is -2.17. The van der Waals surface area contributed by atoms with E-state index < -0.39 is 0 Å². The molecule has 1 heterocycles. The first-order chi connectivity index (χ1) is 8.26. The molecular formula is C13H18N2O2.